The molecule has 0 atom stereocenters. The van der Waals surface area contributed by atoms with Crippen LogP contribution in [0.3, 0.4) is 0 Å². The quantitative estimate of drug-likeness (QED) is 0.828. The van der Waals surface area contributed by atoms with E-state index < -0.39 is 0 Å². The number of hydrogen-bond acceptors (Lipinski definition) is 3. The zero-order valence-electron chi connectivity index (χ0n) is 12.0. The predicted octanol–water partition coefficient (Wildman–Crippen LogP) is 1.80. The SMILES string of the molecule is C=C(CNC(C)(C)C)Cn1c(C)cc(C)nc1=O. The minimum atomic E-state index is -0.204. The van der Waals surface area contributed by atoms with Crippen LogP contribution in [0.4, 0.5) is 0 Å². The van der Waals surface area contributed by atoms with Crippen LogP contribution in [0, 0.1) is 13.8 Å². The molecule has 1 N–H and O–H groups in total. The van der Waals surface area contributed by atoms with E-state index in [1.54, 1.807) is 4.57 Å². The Hall–Kier alpha value is -1.42. The highest BCUT2D eigenvalue weighted by Gasteiger charge is 2.10. The molecule has 18 heavy (non-hydrogen) atoms. The van der Waals surface area contributed by atoms with Crippen molar-refractivity contribution in [3.8, 4) is 0 Å². The first-order chi connectivity index (χ1) is 8.19. The molecule has 0 radical (unpaired) electrons. The second kappa shape index (κ2) is 5.48. The van der Waals surface area contributed by atoms with Crippen molar-refractivity contribution >= 4 is 0 Å². The van der Waals surface area contributed by atoms with Gasteiger partial charge >= 0.3 is 5.69 Å². The van der Waals surface area contributed by atoms with Gasteiger partial charge in [-0.3, -0.25) is 4.57 Å². The molecule has 100 valence electrons. The Bertz CT molecular complexity index is 495. The lowest BCUT2D eigenvalue weighted by Gasteiger charge is -2.22. The van der Waals surface area contributed by atoms with Gasteiger partial charge in [0, 0.05) is 30.0 Å². The number of rotatable bonds is 4. The summed E-state index contributed by atoms with van der Waals surface area (Å²) in [5, 5.41) is 3.36. The molecule has 0 saturated carbocycles. The third-order valence-electron chi connectivity index (χ3n) is 2.60. The molecule has 4 heteroatoms. The van der Waals surface area contributed by atoms with E-state index in [1.807, 2.05) is 19.9 Å². The van der Waals surface area contributed by atoms with Gasteiger partial charge in [-0.25, -0.2) is 4.79 Å². The summed E-state index contributed by atoms with van der Waals surface area (Å²) in [5.41, 5.74) is 2.50. The fourth-order valence-electron chi connectivity index (χ4n) is 1.64. The van der Waals surface area contributed by atoms with Gasteiger partial charge in [-0.1, -0.05) is 6.58 Å². The molecule has 1 aromatic rings. The molecule has 1 aromatic heterocycles. The van der Waals surface area contributed by atoms with Gasteiger partial charge in [0.2, 0.25) is 0 Å². The van der Waals surface area contributed by atoms with E-state index in [0.717, 1.165) is 17.0 Å². The highest BCUT2D eigenvalue weighted by molar-refractivity contribution is 5.09. The first kappa shape index (κ1) is 14.6. The molecule has 0 saturated heterocycles. The molecule has 4 nitrogen and oxygen atoms in total. The van der Waals surface area contributed by atoms with Crippen LogP contribution < -0.4 is 11.0 Å². The van der Waals surface area contributed by atoms with Crippen LogP contribution in [0.15, 0.2) is 23.0 Å². The molecule has 1 rings (SSSR count). The number of nitrogens with zero attached hydrogens (tertiary/aromatic N) is 2. The van der Waals surface area contributed by atoms with Gasteiger partial charge in [0.15, 0.2) is 0 Å². The topological polar surface area (TPSA) is 46.9 Å². The number of aryl methyl sites for hydroxylation is 2. The zero-order valence-corrected chi connectivity index (χ0v) is 12.0. The second-order valence-electron chi connectivity index (χ2n) is 5.76. The van der Waals surface area contributed by atoms with E-state index in [-0.39, 0.29) is 11.2 Å². The maximum absolute atomic E-state index is 11.8. The Labute approximate surface area is 109 Å². The third kappa shape index (κ3) is 4.45. The smallest absolute Gasteiger partial charge is 0.308 e. The van der Waals surface area contributed by atoms with Gasteiger partial charge in [-0.05, 0) is 46.3 Å². The monoisotopic (exact) mass is 249 g/mol. The van der Waals surface area contributed by atoms with E-state index in [0.29, 0.717) is 13.1 Å². The van der Waals surface area contributed by atoms with Gasteiger partial charge in [0.25, 0.3) is 0 Å². The predicted molar refractivity (Wildman–Crippen MR) is 74.9 cm³/mol. The Morgan fingerprint density at radius 2 is 2.06 bits per heavy atom. The Morgan fingerprint density at radius 1 is 1.44 bits per heavy atom. The second-order valence-corrected chi connectivity index (χ2v) is 5.76. The standard InChI is InChI=1S/C14H23N3O/c1-10(8-15-14(4,5)6)9-17-12(3)7-11(2)16-13(17)18/h7,15H,1,8-9H2,2-6H3. The van der Waals surface area contributed by atoms with Crippen LogP contribution in [0.25, 0.3) is 0 Å². The summed E-state index contributed by atoms with van der Waals surface area (Å²) in [6, 6.07) is 1.91. The van der Waals surface area contributed by atoms with Crippen molar-refractivity contribution < 1.29 is 0 Å². The average molecular weight is 249 g/mol. The van der Waals surface area contributed by atoms with Crippen molar-refractivity contribution in [3.63, 3.8) is 0 Å². The lowest BCUT2D eigenvalue weighted by molar-refractivity contribution is 0.439. The number of hydrogen-bond donors (Lipinski definition) is 1. The van der Waals surface area contributed by atoms with Crippen molar-refractivity contribution in [1.82, 2.24) is 14.9 Å². The van der Waals surface area contributed by atoms with Crippen molar-refractivity contribution in [2.24, 2.45) is 0 Å². The van der Waals surface area contributed by atoms with Crippen LogP contribution in [-0.4, -0.2) is 21.6 Å². The summed E-state index contributed by atoms with van der Waals surface area (Å²) < 4.78 is 1.65. The minimum Gasteiger partial charge on any atom is -0.308 e. The van der Waals surface area contributed by atoms with E-state index in [9.17, 15) is 4.79 Å². The lowest BCUT2D eigenvalue weighted by atomic mass is 10.1. The number of aromatic nitrogens is 2. The normalized spacial score (nSPS) is 11.6. The summed E-state index contributed by atoms with van der Waals surface area (Å²) in [6.07, 6.45) is 0. The first-order valence-corrected chi connectivity index (χ1v) is 6.16. The van der Waals surface area contributed by atoms with E-state index in [4.69, 9.17) is 0 Å². The fourth-order valence-corrected chi connectivity index (χ4v) is 1.64. The van der Waals surface area contributed by atoms with Crippen molar-refractivity contribution in [2.75, 3.05) is 6.54 Å². The maximum atomic E-state index is 11.8. The van der Waals surface area contributed by atoms with Crippen LogP contribution in [0.2, 0.25) is 0 Å². The zero-order chi connectivity index (χ0) is 13.9. The fraction of sp³-hybridized carbons (Fsp3) is 0.571. The molecule has 0 aliphatic heterocycles. The van der Waals surface area contributed by atoms with Crippen molar-refractivity contribution in [2.45, 2.75) is 46.7 Å². The minimum absolute atomic E-state index is 0.0501. The largest absolute Gasteiger partial charge is 0.348 e. The summed E-state index contributed by atoms with van der Waals surface area (Å²) in [4.78, 5) is 15.7. The Morgan fingerprint density at radius 3 is 2.56 bits per heavy atom. The van der Waals surface area contributed by atoms with E-state index >= 15 is 0 Å². The molecule has 0 aromatic carbocycles. The van der Waals surface area contributed by atoms with Crippen LogP contribution >= 0.6 is 0 Å². The molecule has 1 heterocycles. The molecule has 0 amide bonds. The third-order valence-corrected chi connectivity index (χ3v) is 2.60. The molecule has 0 unspecified atom stereocenters. The Balaban J connectivity index is 2.74. The summed E-state index contributed by atoms with van der Waals surface area (Å²) in [7, 11) is 0. The molecule has 0 aliphatic rings. The number of nitrogens with one attached hydrogen (secondary N) is 1. The van der Waals surface area contributed by atoms with Crippen molar-refractivity contribution in [1.29, 1.82) is 0 Å². The first-order valence-electron chi connectivity index (χ1n) is 6.16. The van der Waals surface area contributed by atoms with Crippen LogP contribution in [0.1, 0.15) is 32.2 Å². The average Bonchev–Trinajstić information content (AvgIpc) is 2.19. The van der Waals surface area contributed by atoms with Gasteiger partial charge in [0.1, 0.15) is 0 Å². The summed E-state index contributed by atoms with van der Waals surface area (Å²) in [5.74, 6) is 0. The van der Waals surface area contributed by atoms with E-state index in [1.165, 1.54) is 0 Å². The van der Waals surface area contributed by atoms with Gasteiger partial charge in [-0.2, -0.15) is 4.98 Å². The molecule has 0 fully saturated rings. The van der Waals surface area contributed by atoms with Crippen molar-refractivity contribution in [3.05, 3.63) is 40.1 Å². The summed E-state index contributed by atoms with van der Waals surface area (Å²) in [6.45, 7) is 15.3. The molecule has 0 bridgehead atoms. The molecule has 0 spiro atoms. The highest BCUT2D eigenvalue weighted by Crippen LogP contribution is 2.03. The van der Waals surface area contributed by atoms with E-state index in [2.05, 4.69) is 37.7 Å². The lowest BCUT2D eigenvalue weighted by Crippen LogP contribution is -2.38. The van der Waals surface area contributed by atoms with Crippen LogP contribution in [0.5, 0.6) is 0 Å². The van der Waals surface area contributed by atoms with Gasteiger partial charge < -0.3 is 5.32 Å². The molecule has 0 aliphatic carbocycles. The van der Waals surface area contributed by atoms with Crippen LogP contribution in [-0.2, 0) is 6.54 Å². The van der Waals surface area contributed by atoms with Gasteiger partial charge in [0.05, 0.1) is 0 Å². The molecular formula is C14H23N3O. The maximum Gasteiger partial charge on any atom is 0.348 e. The van der Waals surface area contributed by atoms with Gasteiger partial charge in [-0.15, -0.1) is 0 Å². The highest BCUT2D eigenvalue weighted by atomic mass is 16.1. The summed E-state index contributed by atoms with van der Waals surface area (Å²) >= 11 is 0. The molecular weight excluding hydrogens is 226 g/mol. The Kier molecular flexibility index (Phi) is 4.46.